The fourth-order valence-electron chi connectivity index (χ4n) is 5.32. The highest BCUT2D eigenvalue weighted by Crippen LogP contribution is 2.38. The van der Waals surface area contributed by atoms with Crippen LogP contribution >= 0.6 is 0 Å². The fourth-order valence-corrected chi connectivity index (χ4v) is 5.32. The number of benzene rings is 1. The second-order valence-corrected chi connectivity index (χ2v) is 10.6. The summed E-state index contributed by atoms with van der Waals surface area (Å²) >= 11 is 0. The van der Waals surface area contributed by atoms with E-state index >= 15 is 8.78 Å². The molecule has 250 valence electrons. The molecule has 0 aliphatic carbocycles. The van der Waals surface area contributed by atoms with Gasteiger partial charge in [0.15, 0.2) is 0 Å². The summed E-state index contributed by atoms with van der Waals surface area (Å²) in [4.78, 5) is 34.6. The first-order chi connectivity index (χ1) is 22.1. The molecule has 9 nitrogen and oxygen atoms in total. The summed E-state index contributed by atoms with van der Waals surface area (Å²) in [5.74, 6) is -5.41. The second kappa shape index (κ2) is 12.8. The number of methoxy groups -OCH3 is 1. The molecule has 0 saturated carbocycles. The van der Waals surface area contributed by atoms with E-state index in [1.165, 1.54) is 42.0 Å². The van der Waals surface area contributed by atoms with Crippen molar-refractivity contribution in [3.05, 3.63) is 82.9 Å². The molecule has 0 unspecified atom stereocenters. The number of hydrogen-bond acceptors (Lipinski definition) is 7. The molecule has 1 aliphatic rings. The number of rotatable bonds is 7. The minimum atomic E-state index is -4.77. The van der Waals surface area contributed by atoms with Gasteiger partial charge in [-0.2, -0.15) is 26.3 Å². The van der Waals surface area contributed by atoms with Gasteiger partial charge in [-0.3, -0.25) is 9.78 Å². The van der Waals surface area contributed by atoms with E-state index in [-0.39, 0.29) is 42.0 Å². The zero-order valence-corrected chi connectivity index (χ0v) is 24.5. The van der Waals surface area contributed by atoms with E-state index in [1.54, 1.807) is 0 Å². The molecule has 17 heteroatoms. The quantitative estimate of drug-likeness (QED) is 0.211. The Morgan fingerprint density at radius 1 is 1.09 bits per heavy atom. The van der Waals surface area contributed by atoms with Crippen LogP contribution in [0.3, 0.4) is 0 Å². The van der Waals surface area contributed by atoms with E-state index in [1.807, 2.05) is 0 Å². The third-order valence-corrected chi connectivity index (χ3v) is 7.51. The van der Waals surface area contributed by atoms with E-state index in [0.717, 1.165) is 18.1 Å². The lowest BCUT2D eigenvalue weighted by Crippen LogP contribution is -2.53. The normalized spacial score (nSPS) is 16.3. The minimum Gasteiger partial charge on any atom is -0.467 e. The van der Waals surface area contributed by atoms with Crippen molar-refractivity contribution in [3.8, 4) is 11.3 Å². The first-order valence-corrected chi connectivity index (χ1v) is 13.9. The van der Waals surface area contributed by atoms with E-state index in [0.29, 0.717) is 12.1 Å². The summed E-state index contributed by atoms with van der Waals surface area (Å²) in [6.45, 7) is 0.250. The number of alkyl halides is 6. The third-order valence-electron chi connectivity index (χ3n) is 7.51. The summed E-state index contributed by atoms with van der Waals surface area (Å²) in [7, 11) is 0.995. The number of hydrogen-bond donors (Lipinski definition) is 1. The maximum atomic E-state index is 15.2. The number of fused-ring (bicyclic) bond motifs is 1. The highest BCUT2D eigenvalue weighted by Gasteiger charge is 2.46. The van der Waals surface area contributed by atoms with Crippen molar-refractivity contribution < 1.29 is 54.2 Å². The van der Waals surface area contributed by atoms with Crippen LogP contribution < -0.4 is 10.2 Å². The molecule has 0 bridgehead atoms. The molecule has 1 aliphatic heterocycles. The van der Waals surface area contributed by atoms with Gasteiger partial charge in [0.05, 0.1) is 31.6 Å². The van der Waals surface area contributed by atoms with Crippen LogP contribution in [0.2, 0.25) is 0 Å². The van der Waals surface area contributed by atoms with Crippen molar-refractivity contribution >= 4 is 23.2 Å². The molecule has 0 radical (unpaired) electrons. The highest BCUT2D eigenvalue weighted by molar-refractivity contribution is 5.97. The van der Waals surface area contributed by atoms with Gasteiger partial charge < -0.3 is 24.1 Å². The van der Waals surface area contributed by atoms with Crippen LogP contribution in [-0.2, 0) is 26.9 Å². The Balaban J connectivity index is 1.44. The Bertz CT molecular complexity index is 1800. The van der Waals surface area contributed by atoms with Gasteiger partial charge >= 0.3 is 18.3 Å². The summed E-state index contributed by atoms with van der Waals surface area (Å²) < 4.78 is 123. The predicted molar refractivity (Wildman–Crippen MR) is 150 cm³/mol. The van der Waals surface area contributed by atoms with Gasteiger partial charge in [-0.25, -0.2) is 18.6 Å². The van der Waals surface area contributed by atoms with Crippen molar-refractivity contribution in [1.29, 1.82) is 0 Å². The number of carbonyl (C=O) groups excluding carboxylic acids is 2. The molecule has 1 saturated heterocycles. The largest absolute Gasteiger partial charge is 0.467 e. The second-order valence-electron chi connectivity index (χ2n) is 10.6. The fraction of sp³-hybridized carbons (Fsp3) is 0.333. The average molecular weight is 672 g/mol. The number of anilines is 1. The van der Waals surface area contributed by atoms with E-state index in [4.69, 9.17) is 9.47 Å². The number of ether oxygens (including phenoxy) is 2. The Kier molecular flexibility index (Phi) is 9.12. The van der Waals surface area contributed by atoms with E-state index in [9.17, 15) is 35.9 Å². The third kappa shape index (κ3) is 6.84. The molecule has 1 N–H and O–H groups in total. The van der Waals surface area contributed by atoms with Gasteiger partial charge in [0, 0.05) is 48.5 Å². The van der Waals surface area contributed by atoms with Crippen LogP contribution in [0.4, 0.5) is 40.8 Å². The number of morpholine rings is 1. The Morgan fingerprint density at radius 3 is 2.43 bits per heavy atom. The number of esters is 1. The number of amides is 1. The summed E-state index contributed by atoms with van der Waals surface area (Å²) in [5.41, 5.74) is -2.44. The maximum absolute atomic E-state index is 15.2. The molecule has 4 aromatic rings. The number of nitrogens with zero attached hydrogens (tertiary/aromatic N) is 4. The average Bonchev–Trinajstić information content (AvgIpc) is 3.50. The topological polar surface area (TPSA) is 98.1 Å². The van der Waals surface area contributed by atoms with Crippen molar-refractivity contribution in [2.75, 3.05) is 31.8 Å². The van der Waals surface area contributed by atoms with E-state index in [2.05, 4.69) is 15.3 Å². The summed E-state index contributed by atoms with van der Waals surface area (Å²) in [5, 5.41) is 2.18. The molecular weight excluding hydrogens is 646 g/mol. The lowest BCUT2D eigenvalue weighted by molar-refractivity contribution is -0.167. The molecule has 3 aromatic heterocycles. The summed E-state index contributed by atoms with van der Waals surface area (Å²) in [6.07, 6.45) is -5.93. The molecule has 0 spiro atoms. The standard InChI is InChI=1S/C30H25F8N5O4/c1-15-9-19(29(33,34)35)25(40-13-15)18-4-3-16(43-6-5-39-26(18)43)12-22(28(45)46-2)41-27(44)24-20(31)10-17(11-21(24)32)42-7-8-47-14-23(42)30(36,37)38/h3-6,9-11,13,22-23H,7-8,12,14H2,1-2H3,(H,41,44)/t22-,23+/m0/s1. The van der Waals surface area contributed by atoms with Gasteiger partial charge in [0.2, 0.25) is 0 Å². The number of halogens is 8. The zero-order valence-electron chi connectivity index (χ0n) is 24.5. The Morgan fingerprint density at radius 2 is 1.79 bits per heavy atom. The molecule has 1 fully saturated rings. The monoisotopic (exact) mass is 671 g/mol. The van der Waals surface area contributed by atoms with Crippen LogP contribution in [-0.4, -0.2) is 71.4 Å². The molecule has 4 heterocycles. The number of imidazole rings is 1. The predicted octanol–water partition coefficient (Wildman–Crippen LogP) is 5.28. The number of aromatic nitrogens is 3. The van der Waals surface area contributed by atoms with Crippen molar-refractivity contribution in [1.82, 2.24) is 19.7 Å². The molecule has 2 atom stereocenters. The van der Waals surface area contributed by atoms with Gasteiger partial charge in [-0.1, -0.05) is 0 Å². The van der Waals surface area contributed by atoms with Crippen LogP contribution in [0.25, 0.3) is 16.9 Å². The van der Waals surface area contributed by atoms with Crippen LogP contribution in [0.15, 0.2) is 48.9 Å². The zero-order chi connectivity index (χ0) is 34.3. The minimum absolute atomic E-state index is 0.0157. The lowest BCUT2D eigenvalue weighted by Gasteiger charge is -2.38. The van der Waals surface area contributed by atoms with Crippen molar-refractivity contribution in [2.24, 2.45) is 0 Å². The van der Waals surface area contributed by atoms with Crippen LogP contribution in [0.1, 0.15) is 27.2 Å². The van der Waals surface area contributed by atoms with Gasteiger partial charge in [0.1, 0.15) is 34.9 Å². The van der Waals surface area contributed by atoms with Gasteiger partial charge in [0.25, 0.3) is 5.91 Å². The molecule has 1 aromatic carbocycles. The number of aryl methyl sites for hydroxylation is 1. The van der Waals surface area contributed by atoms with Gasteiger partial charge in [-0.15, -0.1) is 0 Å². The smallest absolute Gasteiger partial charge is 0.418 e. The van der Waals surface area contributed by atoms with Crippen LogP contribution in [0, 0.1) is 18.6 Å². The maximum Gasteiger partial charge on any atom is 0.418 e. The highest BCUT2D eigenvalue weighted by atomic mass is 19.4. The molecule has 5 rings (SSSR count). The van der Waals surface area contributed by atoms with Crippen molar-refractivity contribution in [2.45, 2.75) is 37.8 Å². The number of pyridine rings is 2. The van der Waals surface area contributed by atoms with Gasteiger partial charge in [-0.05, 0) is 42.8 Å². The number of carbonyl (C=O) groups is 2. The number of nitrogens with one attached hydrogen (secondary N) is 1. The Labute approximate surface area is 261 Å². The SMILES string of the molecule is COC(=O)[C@H](Cc1ccc(-c2ncc(C)cc2C(F)(F)F)c2nccn12)NC(=O)c1c(F)cc(N2CCOC[C@@H]2C(F)(F)F)cc1F. The molecule has 47 heavy (non-hydrogen) atoms. The lowest BCUT2D eigenvalue weighted by atomic mass is 10.0. The first kappa shape index (κ1) is 33.6. The van der Waals surface area contributed by atoms with E-state index < -0.39 is 77.1 Å². The van der Waals surface area contributed by atoms with Crippen molar-refractivity contribution in [3.63, 3.8) is 0 Å². The summed E-state index contributed by atoms with van der Waals surface area (Å²) in [6, 6.07) is 1.03. The molecular formula is C30H25F8N5O4. The van der Waals surface area contributed by atoms with Crippen LogP contribution in [0.5, 0.6) is 0 Å². The first-order valence-electron chi connectivity index (χ1n) is 13.9. The Hall–Kier alpha value is -4.80. The molecule has 1 amide bonds.